The summed E-state index contributed by atoms with van der Waals surface area (Å²) in [6, 6.07) is 19.8. The quantitative estimate of drug-likeness (QED) is 0.246. The van der Waals surface area contributed by atoms with Gasteiger partial charge in [0, 0.05) is 4.47 Å². The average Bonchev–Trinajstić information content (AvgIpc) is 3.10. The number of halogens is 1. The van der Waals surface area contributed by atoms with Crippen LogP contribution >= 0.6 is 27.7 Å². The van der Waals surface area contributed by atoms with Gasteiger partial charge in [0.25, 0.3) is 11.1 Å². The molecule has 2 amide bonds. The molecule has 0 atom stereocenters. The average molecular weight is 574 g/mol. The molecule has 1 fully saturated rings. The Bertz CT molecular complexity index is 1410. The number of benzene rings is 3. The van der Waals surface area contributed by atoms with Crippen LogP contribution in [0.15, 0.2) is 87.1 Å². The second kappa shape index (κ2) is 10.7. The first-order valence-corrected chi connectivity index (χ1v) is 13.6. The first kappa shape index (κ1) is 25.0. The number of imide groups is 1. The number of ether oxygens (including phenoxy) is 1. The van der Waals surface area contributed by atoms with Crippen LogP contribution in [0.4, 0.5) is 4.79 Å². The van der Waals surface area contributed by atoms with Gasteiger partial charge in [0.2, 0.25) is 0 Å². The summed E-state index contributed by atoms with van der Waals surface area (Å²) in [7, 11) is -4.05. The molecule has 0 N–H and O–H groups in total. The summed E-state index contributed by atoms with van der Waals surface area (Å²) < 4.78 is 37.0. The summed E-state index contributed by atoms with van der Waals surface area (Å²) in [4.78, 5) is 26.9. The summed E-state index contributed by atoms with van der Waals surface area (Å²) in [6.45, 7) is 2.18. The molecule has 4 rings (SSSR count). The van der Waals surface area contributed by atoms with Gasteiger partial charge >= 0.3 is 10.1 Å². The van der Waals surface area contributed by atoms with Crippen molar-refractivity contribution in [2.45, 2.75) is 18.4 Å². The molecule has 10 heteroatoms. The lowest BCUT2D eigenvalue weighted by molar-refractivity contribution is -0.123. The SMILES string of the molecule is CCOc1cc(/C=C2\SC(=O)N(Cc3ccccc3Br)C2=O)ccc1OS(=O)(=O)c1ccccc1. The minimum Gasteiger partial charge on any atom is -0.490 e. The van der Waals surface area contributed by atoms with Crippen molar-refractivity contribution in [2.75, 3.05) is 6.61 Å². The van der Waals surface area contributed by atoms with Crippen LogP contribution in [0, 0.1) is 0 Å². The molecular formula is C25H20BrNO6S2. The van der Waals surface area contributed by atoms with Crippen LogP contribution in [0.5, 0.6) is 11.5 Å². The second-order valence-corrected chi connectivity index (χ2v) is 10.7. The van der Waals surface area contributed by atoms with E-state index in [9.17, 15) is 18.0 Å². The molecule has 0 aromatic heterocycles. The van der Waals surface area contributed by atoms with E-state index in [-0.39, 0.29) is 39.7 Å². The molecule has 0 bridgehead atoms. The van der Waals surface area contributed by atoms with Gasteiger partial charge in [0.15, 0.2) is 11.5 Å². The molecule has 3 aromatic carbocycles. The number of carbonyl (C=O) groups excluding carboxylic acids is 2. The van der Waals surface area contributed by atoms with Gasteiger partial charge in [0.05, 0.1) is 18.1 Å². The Balaban J connectivity index is 1.58. The van der Waals surface area contributed by atoms with E-state index in [0.717, 1.165) is 21.8 Å². The molecule has 1 saturated heterocycles. The zero-order valence-electron chi connectivity index (χ0n) is 18.5. The standard InChI is InChI=1S/C25H20BrNO6S2/c1-2-32-22-14-17(12-13-21(22)33-35(30,31)19-9-4-3-5-10-19)15-23-24(28)27(25(29)34-23)16-18-8-6-7-11-20(18)26/h3-15H,2,16H2,1H3/b23-15-. The highest BCUT2D eigenvalue weighted by molar-refractivity contribution is 9.10. The lowest BCUT2D eigenvalue weighted by atomic mass is 10.1. The minimum absolute atomic E-state index is 0.0188. The van der Waals surface area contributed by atoms with Crippen molar-refractivity contribution >= 4 is 55.0 Å². The van der Waals surface area contributed by atoms with Gasteiger partial charge in [-0.1, -0.05) is 58.4 Å². The monoisotopic (exact) mass is 573 g/mol. The van der Waals surface area contributed by atoms with Crippen LogP contribution in [-0.4, -0.2) is 31.1 Å². The molecule has 0 radical (unpaired) electrons. The van der Waals surface area contributed by atoms with E-state index < -0.39 is 16.0 Å². The number of rotatable bonds is 8. The normalized spacial score (nSPS) is 15.0. The Hall–Kier alpha value is -3.08. The molecule has 3 aromatic rings. The van der Waals surface area contributed by atoms with Crippen molar-refractivity contribution in [3.05, 3.63) is 93.3 Å². The molecule has 0 unspecified atom stereocenters. The Morgan fingerprint density at radius 1 is 0.971 bits per heavy atom. The topological polar surface area (TPSA) is 90.0 Å². The second-order valence-electron chi connectivity index (χ2n) is 7.35. The summed E-state index contributed by atoms with van der Waals surface area (Å²) in [5.74, 6) is -0.177. The Morgan fingerprint density at radius 2 is 1.69 bits per heavy atom. The van der Waals surface area contributed by atoms with Crippen LogP contribution in [0.1, 0.15) is 18.1 Å². The van der Waals surface area contributed by atoms with Gasteiger partial charge in [0.1, 0.15) is 4.90 Å². The minimum atomic E-state index is -4.05. The van der Waals surface area contributed by atoms with Gasteiger partial charge in [-0.2, -0.15) is 8.42 Å². The Kier molecular flexibility index (Phi) is 7.63. The van der Waals surface area contributed by atoms with Gasteiger partial charge in [-0.15, -0.1) is 0 Å². The van der Waals surface area contributed by atoms with Crippen molar-refractivity contribution in [1.29, 1.82) is 0 Å². The van der Waals surface area contributed by atoms with Crippen molar-refractivity contribution in [3.63, 3.8) is 0 Å². The maximum absolute atomic E-state index is 12.9. The zero-order valence-corrected chi connectivity index (χ0v) is 21.7. The molecular weight excluding hydrogens is 554 g/mol. The molecule has 0 aliphatic carbocycles. The fraction of sp³-hybridized carbons (Fsp3) is 0.120. The number of hydrogen-bond donors (Lipinski definition) is 0. The third-order valence-electron chi connectivity index (χ3n) is 4.96. The molecule has 0 saturated carbocycles. The van der Waals surface area contributed by atoms with E-state index in [1.807, 2.05) is 24.3 Å². The molecule has 1 aliphatic heterocycles. The fourth-order valence-corrected chi connectivity index (χ4v) is 5.50. The maximum atomic E-state index is 12.9. The molecule has 0 spiro atoms. The molecule has 35 heavy (non-hydrogen) atoms. The number of amides is 2. The van der Waals surface area contributed by atoms with Crippen LogP contribution < -0.4 is 8.92 Å². The number of thioether (sulfide) groups is 1. The predicted molar refractivity (Wildman–Crippen MR) is 138 cm³/mol. The largest absolute Gasteiger partial charge is 0.490 e. The van der Waals surface area contributed by atoms with Crippen LogP contribution in [0.2, 0.25) is 0 Å². The molecule has 180 valence electrons. The Labute approximate surface area is 216 Å². The predicted octanol–water partition coefficient (Wildman–Crippen LogP) is 5.85. The molecule has 1 heterocycles. The fourth-order valence-electron chi connectivity index (χ4n) is 3.29. The third kappa shape index (κ3) is 5.77. The molecule has 1 aliphatic rings. The lowest BCUT2D eigenvalue weighted by Gasteiger charge is -2.13. The Morgan fingerprint density at radius 3 is 2.40 bits per heavy atom. The van der Waals surface area contributed by atoms with Gasteiger partial charge < -0.3 is 8.92 Å². The first-order chi connectivity index (χ1) is 16.8. The van der Waals surface area contributed by atoms with E-state index in [2.05, 4.69) is 15.9 Å². The van der Waals surface area contributed by atoms with Crippen molar-refractivity contribution in [1.82, 2.24) is 4.90 Å². The van der Waals surface area contributed by atoms with Crippen molar-refractivity contribution in [3.8, 4) is 11.5 Å². The maximum Gasteiger partial charge on any atom is 0.339 e. The summed E-state index contributed by atoms with van der Waals surface area (Å²) in [6.07, 6.45) is 1.57. The highest BCUT2D eigenvalue weighted by atomic mass is 79.9. The van der Waals surface area contributed by atoms with Crippen LogP contribution in [0.25, 0.3) is 6.08 Å². The van der Waals surface area contributed by atoms with E-state index in [1.54, 1.807) is 43.3 Å². The first-order valence-electron chi connectivity index (χ1n) is 10.5. The van der Waals surface area contributed by atoms with Crippen LogP contribution in [-0.2, 0) is 21.5 Å². The van der Waals surface area contributed by atoms with Crippen molar-refractivity contribution < 1.29 is 26.9 Å². The highest BCUT2D eigenvalue weighted by Crippen LogP contribution is 2.36. The van der Waals surface area contributed by atoms with Gasteiger partial charge in [-0.05, 0) is 66.2 Å². The number of carbonyl (C=O) groups is 2. The summed E-state index contributed by atoms with van der Waals surface area (Å²) >= 11 is 4.29. The summed E-state index contributed by atoms with van der Waals surface area (Å²) in [5.41, 5.74) is 1.38. The smallest absolute Gasteiger partial charge is 0.339 e. The van der Waals surface area contributed by atoms with E-state index in [1.165, 1.54) is 23.1 Å². The van der Waals surface area contributed by atoms with E-state index in [4.69, 9.17) is 8.92 Å². The van der Waals surface area contributed by atoms with Crippen molar-refractivity contribution in [2.24, 2.45) is 0 Å². The summed E-state index contributed by atoms with van der Waals surface area (Å²) in [5, 5.41) is -0.365. The van der Waals surface area contributed by atoms with Gasteiger partial charge in [-0.25, -0.2) is 0 Å². The van der Waals surface area contributed by atoms with E-state index in [0.29, 0.717) is 5.56 Å². The third-order valence-corrected chi connectivity index (χ3v) is 7.89. The number of hydrogen-bond acceptors (Lipinski definition) is 7. The highest BCUT2D eigenvalue weighted by Gasteiger charge is 2.35. The van der Waals surface area contributed by atoms with Crippen LogP contribution in [0.3, 0.4) is 0 Å². The number of nitrogens with zero attached hydrogens (tertiary/aromatic N) is 1. The van der Waals surface area contributed by atoms with E-state index >= 15 is 0 Å². The lowest BCUT2D eigenvalue weighted by Crippen LogP contribution is -2.27. The zero-order chi connectivity index (χ0) is 25.0. The van der Waals surface area contributed by atoms with Gasteiger partial charge in [-0.3, -0.25) is 14.5 Å². The molecule has 7 nitrogen and oxygen atoms in total.